The van der Waals surface area contributed by atoms with E-state index in [1.165, 1.54) is 27.8 Å². The summed E-state index contributed by atoms with van der Waals surface area (Å²) in [6.45, 7) is 5.90. The van der Waals surface area contributed by atoms with Crippen molar-refractivity contribution in [1.29, 1.82) is 0 Å². The van der Waals surface area contributed by atoms with Crippen LogP contribution in [-0.2, 0) is 0 Å². The Labute approximate surface area is 182 Å². The van der Waals surface area contributed by atoms with Crippen molar-refractivity contribution in [3.63, 3.8) is 0 Å². The lowest BCUT2D eigenvalue weighted by molar-refractivity contribution is 0.0713. The number of fused-ring (bicyclic) bond motifs is 1. The van der Waals surface area contributed by atoms with E-state index >= 15 is 0 Å². The summed E-state index contributed by atoms with van der Waals surface area (Å²) in [7, 11) is 0. The summed E-state index contributed by atoms with van der Waals surface area (Å²) >= 11 is 0. The average molecular weight is 411 g/mol. The third-order valence-electron chi connectivity index (χ3n) is 6.64. The highest BCUT2D eigenvalue weighted by Gasteiger charge is 2.25. The topological polar surface area (TPSA) is 61.9 Å². The second-order valence-corrected chi connectivity index (χ2v) is 8.46. The van der Waals surface area contributed by atoms with E-state index in [1.807, 2.05) is 23.1 Å². The number of aryl methyl sites for hydroxylation is 1. The van der Waals surface area contributed by atoms with Crippen molar-refractivity contribution in [2.24, 2.45) is 0 Å². The van der Waals surface area contributed by atoms with Gasteiger partial charge < -0.3 is 4.90 Å². The molecule has 4 aromatic rings. The predicted molar refractivity (Wildman–Crippen MR) is 123 cm³/mol. The van der Waals surface area contributed by atoms with Crippen molar-refractivity contribution in [1.82, 2.24) is 20.3 Å². The minimum Gasteiger partial charge on any atom is -0.339 e. The number of hydrogen-bond acceptors (Lipinski definition) is 3. The zero-order valence-corrected chi connectivity index (χ0v) is 17.9. The van der Waals surface area contributed by atoms with Crippen molar-refractivity contribution < 1.29 is 4.79 Å². The minimum atomic E-state index is 0.0774. The molecule has 5 heteroatoms. The highest BCUT2D eigenvalue weighted by atomic mass is 16.2. The maximum Gasteiger partial charge on any atom is 0.253 e. The summed E-state index contributed by atoms with van der Waals surface area (Å²) in [5, 5.41) is 10.7. The lowest BCUT2D eigenvalue weighted by Gasteiger charge is -2.32. The molecule has 1 aliphatic rings. The zero-order valence-electron chi connectivity index (χ0n) is 17.9. The second-order valence-electron chi connectivity index (χ2n) is 8.46. The monoisotopic (exact) mass is 410 g/mol. The number of amides is 1. The van der Waals surface area contributed by atoms with E-state index in [-0.39, 0.29) is 5.91 Å². The third-order valence-corrected chi connectivity index (χ3v) is 6.64. The number of carbonyl (C=O) groups excluding carboxylic acids is 1. The number of likely N-dealkylation sites (tertiary alicyclic amines) is 1. The molecular formula is C26H26N4O. The van der Waals surface area contributed by atoms with E-state index in [4.69, 9.17) is 0 Å². The number of rotatable bonds is 3. The largest absolute Gasteiger partial charge is 0.339 e. The van der Waals surface area contributed by atoms with Crippen LogP contribution in [0, 0.1) is 13.8 Å². The van der Waals surface area contributed by atoms with Crippen LogP contribution in [0.2, 0.25) is 0 Å². The summed E-state index contributed by atoms with van der Waals surface area (Å²) in [6, 6.07) is 21.0. The van der Waals surface area contributed by atoms with Gasteiger partial charge in [0.15, 0.2) is 0 Å². The molecule has 156 valence electrons. The number of H-pyrrole nitrogens is 1. The van der Waals surface area contributed by atoms with Gasteiger partial charge in [-0.05, 0) is 78.6 Å². The van der Waals surface area contributed by atoms with Crippen LogP contribution in [0.3, 0.4) is 0 Å². The van der Waals surface area contributed by atoms with Gasteiger partial charge in [0.25, 0.3) is 5.91 Å². The predicted octanol–water partition coefficient (Wildman–Crippen LogP) is 5.26. The molecule has 1 amide bonds. The molecule has 31 heavy (non-hydrogen) atoms. The van der Waals surface area contributed by atoms with Crippen LogP contribution >= 0.6 is 0 Å². The van der Waals surface area contributed by atoms with E-state index < -0.39 is 0 Å². The fraction of sp³-hybridized carbons (Fsp3) is 0.269. The number of aromatic nitrogens is 3. The molecule has 3 aromatic carbocycles. The van der Waals surface area contributed by atoms with Gasteiger partial charge >= 0.3 is 0 Å². The van der Waals surface area contributed by atoms with Crippen molar-refractivity contribution in [2.75, 3.05) is 13.1 Å². The lowest BCUT2D eigenvalue weighted by atomic mass is 9.87. The summed E-state index contributed by atoms with van der Waals surface area (Å²) < 4.78 is 0. The van der Waals surface area contributed by atoms with Crippen LogP contribution in [0.5, 0.6) is 0 Å². The molecule has 1 fully saturated rings. The number of nitrogens with one attached hydrogen (secondary N) is 1. The van der Waals surface area contributed by atoms with Gasteiger partial charge in [-0.25, -0.2) is 0 Å². The molecule has 5 rings (SSSR count). The van der Waals surface area contributed by atoms with E-state index in [2.05, 4.69) is 71.7 Å². The maximum atomic E-state index is 12.9. The number of hydrogen-bond donors (Lipinski definition) is 1. The quantitative estimate of drug-likeness (QED) is 0.501. The average Bonchev–Trinajstić information content (AvgIpc) is 3.29. The molecule has 2 heterocycles. The van der Waals surface area contributed by atoms with Crippen molar-refractivity contribution in [3.05, 3.63) is 82.9 Å². The van der Waals surface area contributed by atoms with E-state index in [1.54, 1.807) is 0 Å². The molecule has 5 nitrogen and oxygen atoms in total. The first kappa shape index (κ1) is 19.5. The van der Waals surface area contributed by atoms with Crippen LogP contribution in [0.15, 0.2) is 60.7 Å². The summed E-state index contributed by atoms with van der Waals surface area (Å²) in [6.07, 6.45) is 1.97. The SMILES string of the molecule is Cc1cccc(-c2ccc(C3CCN(C(=O)c4ccc5n[nH]nc5c4)CC3)cc2)c1C. The van der Waals surface area contributed by atoms with Gasteiger partial charge in [-0.2, -0.15) is 15.4 Å². The van der Waals surface area contributed by atoms with E-state index in [0.717, 1.165) is 37.0 Å². The molecule has 0 saturated carbocycles. The number of nitrogens with zero attached hydrogens (tertiary/aromatic N) is 3. The molecule has 0 unspecified atom stereocenters. The molecular weight excluding hydrogens is 384 g/mol. The van der Waals surface area contributed by atoms with E-state index in [0.29, 0.717) is 11.5 Å². The molecule has 0 aliphatic carbocycles. The Morgan fingerprint density at radius 3 is 2.45 bits per heavy atom. The van der Waals surface area contributed by atoms with Crippen molar-refractivity contribution in [3.8, 4) is 11.1 Å². The smallest absolute Gasteiger partial charge is 0.253 e. The Morgan fingerprint density at radius 2 is 1.68 bits per heavy atom. The van der Waals surface area contributed by atoms with Gasteiger partial charge in [0, 0.05) is 18.7 Å². The number of aromatic amines is 1. The van der Waals surface area contributed by atoms with Crippen LogP contribution < -0.4 is 0 Å². The van der Waals surface area contributed by atoms with Crippen LogP contribution in [-0.4, -0.2) is 39.3 Å². The van der Waals surface area contributed by atoms with Gasteiger partial charge in [-0.15, -0.1) is 0 Å². The van der Waals surface area contributed by atoms with Gasteiger partial charge in [0.1, 0.15) is 11.0 Å². The second kappa shape index (κ2) is 7.99. The van der Waals surface area contributed by atoms with Crippen LogP contribution in [0.1, 0.15) is 45.8 Å². The number of benzene rings is 3. The zero-order chi connectivity index (χ0) is 21.4. The Balaban J connectivity index is 1.26. The fourth-order valence-electron chi connectivity index (χ4n) is 4.57. The Morgan fingerprint density at radius 1 is 0.935 bits per heavy atom. The number of carbonyl (C=O) groups is 1. The third kappa shape index (κ3) is 3.72. The molecule has 1 aliphatic heterocycles. The normalized spacial score (nSPS) is 14.8. The molecule has 0 spiro atoms. The first-order valence-electron chi connectivity index (χ1n) is 10.9. The molecule has 1 N–H and O–H groups in total. The highest BCUT2D eigenvalue weighted by Crippen LogP contribution is 2.32. The fourth-order valence-corrected chi connectivity index (χ4v) is 4.57. The van der Waals surface area contributed by atoms with Crippen molar-refractivity contribution >= 4 is 16.9 Å². The Bertz CT molecular complexity index is 1230. The van der Waals surface area contributed by atoms with Gasteiger partial charge in [0.05, 0.1) is 0 Å². The minimum absolute atomic E-state index is 0.0774. The van der Waals surface area contributed by atoms with Crippen LogP contribution in [0.4, 0.5) is 0 Å². The molecule has 0 bridgehead atoms. The molecule has 0 atom stereocenters. The summed E-state index contributed by atoms with van der Waals surface area (Å²) in [4.78, 5) is 14.9. The first-order valence-corrected chi connectivity index (χ1v) is 10.9. The van der Waals surface area contributed by atoms with E-state index in [9.17, 15) is 4.79 Å². The van der Waals surface area contributed by atoms with Crippen molar-refractivity contribution in [2.45, 2.75) is 32.6 Å². The summed E-state index contributed by atoms with van der Waals surface area (Å²) in [5.41, 5.74) is 8.77. The lowest BCUT2D eigenvalue weighted by Crippen LogP contribution is -2.37. The van der Waals surface area contributed by atoms with Crippen LogP contribution in [0.25, 0.3) is 22.2 Å². The van der Waals surface area contributed by atoms with Gasteiger partial charge in [0.2, 0.25) is 0 Å². The summed E-state index contributed by atoms with van der Waals surface area (Å²) in [5.74, 6) is 0.573. The molecule has 1 saturated heterocycles. The first-order chi connectivity index (χ1) is 15.1. The number of piperidine rings is 1. The molecule has 1 aromatic heterocycles. The Hall–Kier alpha value is -3.47. The highest BCUT2D eigenvalue weighted by molar-refractivity contribution is 5.97. The Kier molecular flexibility index (Phi) is 5.02. The maximum absolute atomic E-state index is 12.9. The standard InChI is InChI=1S/C26H26N4O/c1-17-4-3-5-23(18(17)2)21-8-6-19(7-9-21)20-12-14-30(15-13-20)26(31)22-10-11-24-25(16-22)28-29-27-24/h3-11,16,20H,12-15H2,1-2H3,(H,27,28,29). The molecule has 0 radical (unpaired) electrons. The van der Waals surface area contributed by atoms with Gasteiger partial charge in [-0.3, -0.25) is 4.79 Å². The van der Waals surface area contributed by atoms with Gasteiger partial charge in [-0.1, -0.05) is 42.5 Å².